The molecule has 0 spiro atoms. The number of carbonyl (C=O) groups excluding carboxylic acids is 1. The fourth-order valence-corrected chi connectivity index (χ4v) is 1.55. The van der Waals surface area contributed by atoms with E-state index in [1.807, 2.05) is 6.92 Å². The van der Waals surface area contributed by atoms with Crippen LogP contribution in [0.15, 0.2) is 0 Å². The van der Waals surface area contributed by atoms with Gasteiger partial charge in [0, 0.05) is 6.54 Å². The summed E-state index contributed by atoms with van der Waals surface area (Å²) < 4.78 is 0. The first-order valence-electron chi connectivity index (χ1n) is 5.90. The molecule has 3 N–H and O–H groups in total. The monoisotopic (exact) mass is 228 g/mol. The van der Waals surface area contributed by atoms with Crippen LogP contribution in [0.25, 0.3) is 0 Å². The zero-order chi connectivity index (χ0) is 12.0. The standard InChI is InChI=1S/C11H20N2O3/c1-2-3-9(10(14)15)13-11(16)12-7-6-8-4-5-8/h8-9H,2-7H2,1H3,(H,14,15)(H2,12,13,16). The van der Waals surface area contributed by atoms with E-state index in [4.69, 9.17) is 5.11 Å². The molecule has 16 heavy (non-hydrogen) atoms. The molecule has 2 amide bonds. The van der Waals surface area contributed by atoms with Crippen molar-refractivity contribution in [3.05, 3.63) is 0 Å². The van der Waals surface area contributed by atoms with Crippen LogP contribution < -0.4 is 10.6 Å². The van der Waals surface area contributed by atoms with Crippen molar-refractivity contribution in [3.8, 4) is 0 Å². The van der Waals surface area contributed by atoms with Crippen molar-refractivity contribution in [1.82, 2.24) is 10.6 Å². The second-order valence-corrected chi connectivity index (χ2v) is 4.31. The van der Waals surface area contributed by atoms with E-state index in [2.05, 4.69) is 10.6 Å². The smallest absolute Gasteiger partial charge is 0.326 e. The maximum Gasteiger partial charge on any atom is 0.326 e. The van der Waals surface area contributed by atoms with Crippen molar-refractivity contribution in [2.75, 3.05) is 6.54 Å². The highest BCUT2D eigenvalue weighted by Crippen LogP contribution is 2.31. The van der Waals surface area contributed by atoms with E-state index in [1.165, 1.54) is 12.8 Å². The Balaban J connectivity index is 2.15. The topological polar surface area (TPSA) is 78.4 Å². The van der Waals surface area contributed by atoms with E-state index < -0.39 is 12.0 Å². The third kappa shape index (κ3) is 5.00. The minimum absolute atomic E-state index is 0.374. The summed E-state index contributed by atoms with van der Waals surface area (Å²) in [6, 6.07) is -1.15. The zero-order valence-electron chi connectivity index (χ0n) is 9.66. The fourth-order valence-electron chi connectivity index (χ4n) is 1.55. The van der Waals surface area contributed by atoms with Gasteiger partial charge in [-0.2, -0.15) is 0 Å². The number of hydrogen-bond donors (Lipinski definition) is 3. The summed E-state index contributed by atoms with van der Waals surface area (Å²) in [5, 5.41) is 14.0. The largest absolute Gasteiger partial charge is 0.480 e. The third-order valence-electron chi connectivity index (χ3n) is 2.72. The molecule has 0 heterocycles. The molecule has 1 atom stereocenters. The summed E-state index contributed by atoms with van der Waals surface area (Å²) in [5.74, 6) is -0.203. The van der Waals surface area contributed by atoms with E-state index in [0.29, 0.717) is 13.0 Å². The van der Waals surface area contributed by atoms with E-state index in [-0.39, 0.29) is 6.03 Å². The van der Waals surface area contributed by atoms with Crippen molar-refractivity contribution >= 4 is 12.0 Å². The van der Waals surface area contributed by atoms with Gasteiger partial charge in [0.25, 0.3) is 0 Å². The molecule has 92 valence electrons. The van der Waals surface area contributed by atoms with Crippen LogP contribution in [-0.2, 0) is 4.79 Å². The highest BCUT2D eigenvalue weighted by molar-refractivity contribution is 5.82. The van der Waals surface area contributed by atoms with Gasteiger partial charge in [0.2, 0.25) is 0 Å². The Hall–Kier alpha value is -1.26. The number of urea groups is 1. The van der Waals surface area contributed by atoms with Gasteiger partial charge in [-0.1, -0.05) is 26.2 Å². The lowest BCUT2D eigenvalue weighted by atomic mass is 10.2. The molecule has 0 bridgehead atoms. The van der Waals surface area contributed by atoms with Crippen molar-refractivity contribution in [3.63, 3.8) is 0 Å². The number of hydrogen-bond acceptors (Lipinski definition) is 2. The average Bonchev–Trinajstić information content (AvgIpc) is 3.01. The normalized spacial score (nSPS) is 16.6. The van der Waals surface area contributed by atoms with Crippen molar-refractivity contribution in [1.29, 1.82) is 0 Å². The number of aliphatic carboxylic acids is 1. The minimum atomic E-state index is -0.973. The molecule has 0 aromatic carbocycles. The van der Waals surface area contributed by atoms with Gasteiger partial charge >= 0.3 is 12.0 Å². The van der Waals surface area contributed by atoms with Crippen LogP contribution >= 0.6 is 0 Å². The predicted molar refractivity (Wildman–Crippen MR) is 60.2 cm³/mol. The molecule has 0 radical (unpaired) electrons. The first-order chi connectivity index (χ1) is 7.63. The van der Waals surface area contributed by atoms with Crippen molar-refractivity contribution in [2.24, 2.45) is 5.92 Å². The molecule has 0 aliphatic heterocycles. The van der Waals surface area contributed by atoms with Crippen LogP contribution in [-0.4, -0.2) is 29.7 Å². The van der Waals surface area contributed by atoms with Gasteiger partial charge in [-0.15, -0.1) is 0 Å². The van der Waals surface area contributed by atoms with Crippen LogP contribution in [0.4, 0.5) is 4.79 Å². The molecule has 0 aromatic heterocycles. The second kappa shape index (κ2) is 6.35. The van der Waals surface area contributed by atoms with Crippen LogP contribution in [0.5, 0.6) is 0 Å². The summed E-state index contributed by atoms with van der Waals surface area (Å²) in [6.45, 7) is 2.53. The molecular weight excluding hydrogens is 208 g/mol. The molecule has 1 aliphatic rings. The van der Waals surface area contributed by atoms with Crippen LogP contribution in [0.2, 0.25) is 0 Å². The molecule has 1 fully saturated rings. The summed E-state index contributed by atoms with van der Waals surface area (Å²) in [7, 11) is 0. The Kier molecular flexibility index (Phi) is 5.08. The van der Waals surface area contributed by atoms with Crippen LogP contribution in [0.1, 0.15) is 39.0 Å². The summed E-state index contributed by atoms with van der Waals surface area (Å²) in [6.07, 6.45) is 4.72. The number of carboxylic acid groups (broad SMARTS) is 1. The lowest BCUT2D eigenvalue weighted by molar-refractivity contribution is -0.139. The zero-order valence-corrected chi connectivity index (χ0v) is 9.66. The maximum atomic E-state index is 11.3. The van der Waals surface area contributed by atoms with E-state index >= 15 is 0 Å². The van der Waals surface area contributed by atoms with E-state index in [0.717, 1.165) is 18.8 Å². The van der Waals surface area contributed by atoms with Crippen molar-refractivity contribution < 1.29 is 14.7 Å². The fraction of sp³-hybridized carbons (Fsp3) is 0.818. The summed E-state index contributed by atoms with van der Waals surface area (Å²) in [5.41, 5.74) is 0. The minimum Gasteiger partial charge on any atom is -0.480 e. The number of nitrogens with one attached hydrogen (secondary N) is 2. The van der Waals surface area contributed by atoms with Gasteiger partial charge in [0.15, 0.2) is 0 Å². The van der Waals surface area contributed by atoms with E-state index in [1.54, 1.807) is 0 Å². The number of carboxylic acids is 1. The Morgan fingerprint density at radius 1 is 1.44 bits per heavy atom. The molecule has 5 heteroatoms. The molecule has 1 rings (SSSR count). The maximum absolute atomic E-state index is 11.3. The summed E-state index contributed by atoms with van der Waals surface area (Å²) >= 11 is 0. The Labute approximate surface area is 95.6 Å². The van der Waals surface area contributed by atoms with Crippen LogP contribution in [0, 0.1) is 5.92 Å². The van der Waals surface area contributed by atoms with Gasteiger partial charge in [-0.3, -0.25) is 0 Å². The summed E-state index contributed by atoms with van der Waals surface area (Å²) in [4.78, 5) is 22.1. The number of carbonyl (C=O) groups is 2. The quantitative estimate of drug-likeness (QED) is 0.615. The SMILES string of the molecule is CCCC(NC(=O)NCCC1CC1)C(=O)O. The first-order valence-corrected chi connectivity index (χ1v) is 5.90. The van der Waals surface area contributed by atoms with Crippen molar-refractivity contribution in [2.45, 2.75) is 45.1 Å². The number of amides is 2. The predicted octanol–water partition coefficient (Wildman–Crippen LogP) is 1.34. The van der Waals surface area contributed by atoms with Gasteiger partial charge in [0.1, 0.15) is 6.04 Å². The molecule has 1 saturated carbocycles. The molecular formula is C11H20N2O3. The third-order valence-corrected chi connectivity index (χ3v) is 2.72. The molecule has 0 saturated heterocycles. The van der Waals surface area contributed by atoms with Gasteiger partial charge in [-0.05, 0) is 18.8 Å². The Morgan fingerprint density at radius 2 is 2.12 bits per heavy atom. The number of rotatable bonds is 7. The molecule has 1 aliphatic carbocycles. The van der Waals surface area contributed by atoms with Gasteiger partial charge in [-0.25, -0.2) is 9.59 Å². The highest BCUT2D eigenvalue weighted by Gasteiger charge is 2.21. The lowest BCUT2D eigenvalue weighted by Crippen LogP contribution is -2.46. The van der Waals surface area contributed by atoms with E-state index in [9.17, 15) is 9.59 Å². The van der Waals surface area contributed by atoms with Crippen LogP contribution in [0.3, 0.4) is 0 Å². The molecule has 5 nitrogen and oxygen atoms in total. The first kappa shape index (κ1) is 12.8. The highest BCUT2D eigenvalue weighted by atomic mass is 16.4. The average molecular weight is 228 g/mol. The lowest BCUT2D eigenvalue weighted by Gasteiger charge is -2.14. The second-order valence-electron chi connectivity index (χ2n) is 4.31. The molecule has 0 aromatic rings. The molecule has 1 unspecified atom stereocenters. The van der Waals surface area contributed by atoms with Gasteiger partial charge in [0.05, 0.1) is 0 Å². The van der Waals surface area contributed by atoms with Gasteiger partial charge < -0.3 is 15.7 Å². The Bertz CT molecular complexity index is 252. The Morgan fingerprint density at radius 3 is 2.62 bits per heavy atom.